The molecule has 0 radical (unpaired) electrons. The first kappa shape index (κ1) is 13.1. The summed E-state index contributed by atoms with van der Waals surface area (Å²) in [5, 5.41) is 8.69. The van der Waals surface area contributed by atoms with Crippen molar-refractivity contribution in [3.05, 3.63) is 41.8 Å². The van der Waals surface area contributed by atoms with E-state index in [1.54, 1.807) is 7.11 Å². The molecule has 18 heavy (non-hydrogen) atoms. The number of methoxy groups -OCH3 is 1. The van der Waals surface area contributed by atoms with E-state index in [0.29, 0.717) is 17.1 Å². The van der Waals surface area contributed by atoms with Gasteiger partial charge >= 0.3 is 0 Å². The van der Waals surface area contributed by atoms with Gasteiger partial charge in [0, 0.05) is 7.11 Å². The number of nitrogens with zero attached hydrogens (tertiary/aromatic N) is 2. The topological polar surface area (TPSA) is 48.2 Å². The van der Waals surface area contributed by atoms with Crippen LogP contribution in [0.3, 0.4) is 0 Å². The van der Waals surface area contributed by atoms with Gasteiger partial charge < -0.3 is 9.15 Å². The van der Waals surface area contributed by atoms with Crippen LogP contribution in [0.15, 0.2) is 40.0 Å². The van der Waals surface area contributed by atoms with E-state index in [4.69, 9.17) is 9.15 Å². The Labute approximate surface area is 111 Å². The van der Waals surface area contributed by atoms with Crippen LogP contribution in [0.1, 0.15) is 30.7 Å². The Morgan fingerprint density at radius 1 is 1.28 bits per heavy atom. The molecule has 1 atom stereocenters. The average molecular weight is 264 g/mol. The van der Waals surface area contributed by atoms with Gasteiger partial charge in [-0.05, 0) is 23.7 Å². The molecule has 2 aromatic rings. The lowest BCUT2D eigenvalue weighted by molar-refractivity contribution is 0.257. The van der Waals surface area contributed by atoms with Crippen LogP contribution in [-0.4, -0.2) is 23.2 Å². The maximum atomic E-state index is 5.65. The summed E-state index contributed by atoms with van der Waals surface area (Å²) in [5.41, 5.74) is 1.20. The van der Waals surface area contributed by atoms with Crippen molar-refractivity contribution >= 4 is 11.8 Å². The van der Waals surface area contributed by atoms with Crippen LogP contribution in [0.5, 0.6) is 0 Å². The predicted molar refractivity (Wildman–Crippen MR) is 70.6 cm³/mol. The summed E-state index contributed by atoms with van der Waals surface area (Å²) in [6.45, 7) is 2.11. The number of benzene rings is 1. The molecule has 96 valence electrons. The summed E-state index contributed by atoms with van der Waals surface area (Å²) in [6, 6.07) is 10.2. The summed E-state index contributed by atoms with van der Waals surface area (Å²) in [7, 11) is 1.64. The number of aromatic nitrogens is 2. The lowest BCUT2D eigenvalue weighted by Gasteiger charge is -2.09. The van der Waals surface area contributed by atoms with Crippen LogP contribution < -0.4 is 0 Å². The van der Waals surface area contributed by atoms with Crippen molar-refractivity contribution in [1.29, 1.82) is 0 Å². The highest BCUT2D eigenvalue weighted by Crippen LogP contribution is 2.28. The van der Waals surface area contributed by atoms with E-state index in [9.17, 15) is 0 Å². The molecule has 0 aliphatic carbocycles. The quantitative estimate of drug-likeness (QED) is 0.591. The third kappa shape index (κ3) is 3.11. The maximum Gasteiger partial charge on any atom is 0.278 e. The van der Waals surface area contributed by atoms with Crippen molar-refractivity contribution in [2.45, 2.75) is 24.5 Å². The zero-order chi connectivity index (χ0) is 12.8. The van der Waals surface area contributed by atoms with E-state index in [-0.39, 0.29) is 5.92 Å². The molecular weight excluding hydrogens is 248 g/mol. The van der Waals surface area contributed by atoms with Crippen LogP contribution in [0, 0.1) is 0 Å². The minimum Gasteiger partial charge on any atom is -0.415 e. The highest BCUT2D eigenvalue weighted by molar-refractivity contribution is 7.98. The Kier molecular flexibility index (Phi) is 4.78. The monoisotopic (exact) mass is 264 g/mol. The molecule has 1 aromatic heterocycles. The SMILES string of the molecule is CC[C@@H](c1ccccc1)c1nnc(SCOC)o1. The van der Waals surface area contributed by atoms with Gasteiger partial charge in [-0.1, -0.05) is 37.3 Å². The fourth-order valence-corrected chi connectivity index (χ4v) is 2.23. The first-order chi connectivity index (χ1) is 8.85. The molecule has 0 N–H and O–H groups in total. The molecule has 4 nitrogen and oxygen atoms in total. The Hall–Kier alpha value is -1.33. The first-order valence-electron chi connectivity index (χ1n) is 5.85. The molecule has 0 aliphatic heterocycles. The summed E-state index contributed by atoms with van der Waals surface area (Å²) in [5.74, 6) is 1.35. The number of thioether (sulfide) groups is 1. The lowest BCUT2D eigenvalue weighted by atomic mass is 9.97. The van der Waals surface area contributed by atoms with Gasteiger partial charge in [0.25, 0.3) is 5.22 Å². The van der Waals surface area contributed by atoms with E-state index in [1.165, 1.54) is 17.3 Å². The molecule has 0 bridgehead atoms. The van der Waals surface area contributed by atoms with Gasteiger partial charge in [0.2, 0.25) is 5.89 Å². The Balaban J connectivity index is 2.15. The van der Waals surface area contributed by atoms with Crippen molar-refractivity contribution in [2.75, 3.05) is 13.0 Å². The molecule has 5 heteroatoms. The van der Waals surface area contributed by atoms with Gasteiger partial charge in [-0.3, -0.25) is 0 Å². The third-order valence-electron chi connectivity index (χ3n) is 2.63. The predicted octanol–water partition coefficient (Wildman–Crippen LogP) is 3.31. The van der Waals surface area contributed by atoms with Crippen LogP contribution >= 0.6 is 11.8 Å². The Morgan fingerprint density at radius 3 is 2.72 bits per heavy atom. The molecular formula is C13H16N2O2S. The standard InChI is InChI=1S/C13H16N2O2S/c1-3-11(10-7-5-4-6-8-10)12-14-15-13(17-12)18-9-16-2/h4-8,11H,3,9H2,1-2H3/t11-/m0/s1. The Morgan fingerprint density at radius 2 is 2.06 bits per heavy atom. The largest absolute Gasteiger partial charge is 0.415 e. The normalized spacial score (nSPS) is 12.6. The van der Waals surface area contributed by atoms with E-state index < -0.39 is 0 Å². The first-order valence-corrected chi connectivity index (χ1v) is 6.83. The van der Waals surface area contributed by atoms with Gasteiger partial charge in [-0.25, -0.2) is 0 Å². The highest BCUT2D eigenvalue weighted by atomic mass is 32.2. The zero-order valence-electron chi connectivity index (χ0n) is 10.5. The van der Waals surface area contributed by atoms with E-state index in [1.807, 2.05) is 18.2 Å². The van der Waals surface area contributed by atoms with Crippen LogP contribution in [-0.2, 0) is 4.74 Å². The molecule has 0 aliphatic rings. The highest BCUT2D eigenvalue weighted by Gasteiger charge is 2.18. The number of ether oxygens (including phenoxy) is 1. The van der Waals surface area contributed by atoms with Gasteiger partial charge in [-0.2, -0.15) is 0 Å². The van der Waals surface area contributed by atoms with E-state index >= 15 is 0 Å². The molecule has 1 heterocycles. The van der Waals surface area contributed by atoms with Gasteiger partial charge in [0.15, 0.2) is 0 Å². The average Bonchev–Trinajstić information content (AvgIpc) is 2.87. The Bertz CT molecular complexity index is 473. The second-order valence-electron chi connectivity index (χ2n) is 3.83. The third-order valence-corrected chi connectivity index (χ3v) is 3.40. The molecule has 0 saturated heterocycles. The number of hydrogen-bond acceptors (Lipinski definition) is 5. The van der Waals surface area contributed by atoms with Crippen molar-refractivity contribution in [3.8, 4) is 0 Å². The van der Waals surface area contributed by atoms with Crippen LogP contribution in [0.2, 0.25) is 0 Å². The smallest absolute Gasteiger partial charge is 0.278 e. The summed E-state index contributed by atoms with van der Waals surface area (Å²) >= 11 is 1.40. The number of hydrogen-bond donors (Lipinski definition) is 0. The molecule has 0 unspecified atom stereocenters. The summed E-state index contributed by atoms with van der Waals surface area (Å²) in [6.07, 6.45) is 0.931. The molecule has 1 aromatic carbocycles. The van der Waals surface area contributed by atoms with Gasteiger partial charge in [0.1, 0.15) is 5.94 Å². The van der Waals surface area contributed by atoms with E-state index in [2.05, 4.69) is 29.3 Å². The minimum absolute atomic E-state index is 0.163. The molecule has 0 saturated carbocycles. The second-order valence-corrected chi connectivity index (χ2v) is 4.70. The fourth-order valence-electron chi connectivity index (χ4n) is 1.77. The molecule has 0 spiro atoms. The second kappa shape index (κ2) is 6.56. The maximum absolute atomic E-state index is 5.65. The van der Waals surface area contributed by atoms with Crippen molar-refractivity contribution in [2.24, 2.45) is 0 Å². The summed E-state index contributed by atoms with van der Waals surface area (Å²) < 4.78 is 10.6. The van der Waals surface area contributed by atoms with Crippen molar-refractivity contribution in [1.82, 2.24) is 10.2 Å². The van der Waals surface area contributed by atoms with Crippen molar-refractivity contribution in [3.63, 3.8) is 0 Å². The van der Waals surface area contributed by atoms with E-state index in [0.717, 1.165) is 6.42 Å². The van der Waals surface area contributed by atoms with Gasteiger partial charge in [0.05, 0.1) is 5.92 Å². The zero-order valence-corrected chi connectivity index (χ0v) is 11.3. The van der Waals surface area contributed by atoms with Crippen LogP contribution in [0.25, 0.3) is 0 Å². The molecule has 2 rings (SSSR count). The minimum atomic E-state index is 0.163. The van der Waals surface area contributed by atoms with Crippen molar-refractivity contribution < 1.29 is 9.15 Å². The number of rotatable bonds is 6. The molecule has 0 fully saturated rings. The van der Waals surface area contributed by atoms with Crippen LogP contribution in [0.4, 0.5) is 0 Å². The summed E-state index contributed by atoms with van der Waals surface area (Å²) in [4.78, 5) is 0. The molecule has 0 amide bonds. The fraction of sp³-hybridized carbons (Fsp3) is 0.385. The lowest BCUT2D eigenvalue weighted by Crippen LogP contribution is -1.99. The van der Waals surface area contributed by atoms with Gasteiger partial charge in [-0.15, -0.1) is 10.2 Å².